The van der Waals surface area contributed by atoms with Crippen LogP contribution < -0.4 is 20.1 Å². The molecule has 7 heteroatoms. The van der Waals surface area contributed by atoms with Crippen molar-refractivity contribution in [3.8, 4) is 11.5 Å². The number of rotatable bonds is 6. The van der Waals surface area contributed by atoms with Crippen molar-refractivity contribution in [1.29, 1.82) is 0 Å². The first-order valence-electron chi connectivity index (χ1n) is 10.2. The molecule has 2 aliphatic rings. The Morgan fingerprint density at radius 1 is 1.11 bits per heavy atom. The van der Waals surface area contributed by atoms with Crippen LogP contribution in [0.5, 0.6) is 11.5 Å². The number of methoxy groups -OCH3 is 2. The smallest absolute Gasteiger partial charge is 0.317 e. The zero-order valence-corrected chi connectivity index (χ0v) is 17.0. The Morgan fingerprint density at radius 2 is 1.79 bits per heavy atom. The molecule has 28 heavy (non-hydrogen) atoms. The number of nitrogens with zero attached hydrogens (tertiary/aromatic N) is 1. The standard InChI is InChI=1S/C21H31N3O4/c1-4-22-21(26)24-10-9-15-11-18(27-2)19(28-3)12-16(15)17(24)13-23-20(25)14-7-5-6-8-14/h11-12,14,17H,4-10,13H2,1-3H3,(H,22,26)(H,23,25)/t17-/m0/s1. The van der Waals surface area contributed by atoms with Crippen LogP contribution in [0.4, 0.5) is 4.79 Å². The van der Waals surface area contributed by atoms with Crippen molar-refractivity contribution in [3.05, 3.63) is 23.3 Å². The number of hydrogen-bond donors (Lipinski definition) is 2. The van der Waals surface area contributed by atoms with E-state index in [2.05, 4.69) is 10.6 Å². The van der Waals surface area contributed by atoms with E-state index < -0.39 is 0 Å². The molecule has 0 radical (unpaired) electrons. The second-order valence-electron chi connectivity index (χ2n) is 7.43. The van der Waals surface area contributed by atoms with E-state index in [0.29, 0.717) is 31.1 Å². The van der Waals surface area contributed by atoms with Crippen LogP contribution in [0.15, 0.2) is 12.1 Å². The Hall–Kier alpha value is -2.44. The summed E-state index contributed by atoms with van der Waals surface area (Å²) in [7, 11) is 3.22. The van der Waals surface area contributed by atoms with Gasteiger partial charge in [-0.3, -0.25) is 4.79 Å². The van der Waals surface area contributed by atoms with Crippen molar-refractivity contribution in [2.75, 3.05) is 33.9 Å². The first kappa shape index (κ1) is 20.3. The summed E-state index contributed by atoms with van der Waals surface area (Å²) in [5, 5.41) is 5.98. The molecule has 1 aliphatic carbocycles. The van der Waals surface area contributed by atoms with Gasteiger partial charge < -0.3 is 25.0 Å². The molecular weight excluding hydrogens is 358 g/mol. The molecule has 2 N–H and O–H groups in total. The summed E-state index contributed by atoms with van der Waals surface area (Å²) >= 11 is 0. The number of nitrogens with one attached hydrogen (secondary N) is 2. The highest BCUT2D eigenvalue weighted by Gasteiger charge is 2.33. The van der Waals surface area contributed by atoms with E-state index in [0.717, 1.165) is 43.2 Å². The highest BCUT2D eigenvalue weighted by molar-refractivity contribution is 5.79. The molecule has 0 unspecified atom stereocenters. The molecule has 1 aromatic carbocycles. The number of hydrogen-bond acceptors (Lipinski definition) is 4. The van der Waals surface area contributed by atoms with Gasteiger partial charge in [-0.15, -0.1) is 0 Å². The highest BCUT2D eigenvalue weighted by atomic mass is 16.5. The molecule has 1 heterocycles. The van der Waals surface area contributed by atoms with E-state index >= 15 is 0 Å². The number of amides is 3. The number of urea groups is 1. The van der Waals surface area contributed by atoms with Crippen molar-refractivity contribution in [2.24, 2.45) is 5.92 Å². The number of carbonyl (C=O) groups is 2. The summed E-state index contributed by atoms with van der Waals surface area (Å²) in [5.74, 6) is 1.51. The molecule has 0 aromatic heterocycles. The molecule has 0 saturated heterocycles. The number of ether oxygens (including phenoxy) is 2. The van der Waals surface area contributed by atoms with Crippen LogP contribution in [0.3, 0.4) is 0 Å². The van der Waals surface area contributed by atoms with E-state index in [1.165, 1.54) is 0 Å². The molecule has 1 saturated carbocycles. The van der Waals surface area contributed by atoms with Crippen LogP contribution in [-0.4, -0.2) is 50.7 Å². The molecule has 3 rings (SSSR count). The summed E-state index contributed by atoms with van der Waals surface area (Å²) in [6.07, 6.45) is 4.88. The molecular formula is C21H31N3O4. The van der Waals surface area contributed by atoms with E-state index in [9.17, 15) is 9.59 Å². The SMILES string of the molecule is CCNC(=O)N1CCc2cc(OC)c(OC)cc2[C@@H]1CNC(=O)C1CCCC1. The Kier molecular flexibility index (Phi) is 6.65. The van der Waals surface area contributed by atoms with Crippen LogP contribution >= 0.6 is 0 Å². The van der Waals surface area contributed by atoms with Crippen molar-refractivity contribution in [2.45, 2.75) is 45.1 Å². The Balaban J connectivity index is 1.86. The van der Waals surface area contributed by atoms with Gasteiger partial charge in [-0.25, -0.2) is 4.79 Å². The molecule has 1 fully saturated rings. The Labute approximate surface area is 166 Å². The van der Waals surface area contributed by atoms with E-state index in [-0.39, 0.29) is 23.9 Å². The van der Waals surface area contributed by atoms with Gasteiger partial charge in [0.15, 0.2) is 11.5 Å². The summed E-state index contributed by atoms with van der Waals surface area (Å²) in [6, 6.07) is 3.57. The fourth-order valence-electron chi connectivity index (χ4n) is 4.27. The van der Waals surface area contributed by atoms with Crippen LogP contribution in [0.2, 0.25) is 0 Å². The first-order valence-corrected chi connectivity index (χ1v) is 10.2. The quantitative estimate of drug-likeness (QED) is 0.784. The largest absolute Gasteiger partial charge is 0.493 e. The zero-order valence-electron chi connectivity index (χ0n) is 17.0. The van der Waals surface area contributed by atoms with Crippen molar-refractivity contribution < 1.29 is 19.1 Å². The third-order valence-electron chi connectivity index (χ3n) is 5.79. The van der Waals surface area contributed by atoms with Crippen LogP contribution in [0.25, 0.3) is 0 Å². The zero-order chi connectivity index (χ0) is 20.1. The average molecular weight is 389 g/mol. The topological polar surface area (TPSA) is 79.9 Å². The van der Waals surface area contributed by atoms with Crippen molar-refractivity contribution in [1.82, 2.24) is 15.5 Å². The summed E-state index contributed by atoms with van der Waals surface area (Å²) in [4.78, 5) is 27.0. The average Bonchev–Trinajstić information content (AvgIpc) is 3.25. The fraction of sp³-hybridized carbons (Fsp3) is 0.619. The lowest BCUT2D eigenvalue weighted by atomic mass is 9.91. The van der Waals surface area contributed by atoms with Crippen molar-refractivity contribution in [3.63, 3.8) is 0 Å². The maximum absolute atomic E-state index is 12.6. The normalized spacial score (nSPS) is 19.1. The molecule has 3 amide bonds. The Morgan fingerprint density at radius 3 is 2.43 bits per heavy atom. The fourth-order valence-corrected chi connectivity index (χ4v) is 4.27. The second kappa shape index (κ2) is 9.17. The van der Waals surface area contributed by atoms with Gasteiger partial charge in [0.1, 0.15) is 0 Å². The van der Waals surface area contributed by atoms with Gasteiger partial charge in [0.05, 0.1) is 20.3 Å². The lowest BCUT2D eigenvalue weighted by Crippen LogP contribution is -2.49. The number of fused-ring (bicyclic) bond motifs is 1. The van der Waals surface area contributed by atoms with E-state index in [1.807, 2.05) is 24.0 Å². The third-order valence-corrected chi connectivity index (χ3v) is 5.79. The second-order valence-corrected chi connectivity index (χ2v) is 7.43. The van der Waals surface area contributed by atoms with Gasteiger partial charge in [0.25, 0.3) is 0 Å². The monoisotopic (exact) mass is 389 g/mol. The van der Waals surface area contributed by atoms with Gasteiger partial charge in [-0.05, 0) is 49.4 Å². The van der Waals surface area contributed by atoms with Gasteiger partial charge in [-0.2, -0.15) is 0 Å². The maximum Gasteiger partial charge on any atom is 0.317 e. The molecule has 0 spiro atoms. The summed E-state index contributed by atoms with van der Waals surface area (Å²) in [6.45, 7) is 3.46. The van der Waals surface area contributed by atoms with Crippen LogP contribution in [0, 0.1) is 5.92 Å². The molecule has 0 bridgehead atoms. The van der Waals surface area contributed by atoms with Crippen LogP contribution in [-0.2, 0) is 11.2 Å². The molecule has 154 valence electrons. The highest BCUT2D eigenvalue weighted by Crippen LogP contribution is 2.38. The third kappa shape index (κ3) is 4.18. The molecule has 1 aliphatic heterocycles. The van der Waals surface area contributed by atoms with Gasteiger partial charge >= 0.3 is 6.03 Å². The minimum atomic E-state index is -0.236. The number of benzene rings is 1. The van der Waals surface area contributed by atoms with Gasteiger partial charge in [-0.1, -0.05) is 12.8 Å². The van der Waals surface area contributed by atoms with Crippen molar-refractivity contribution >= 4 is 11.9 Å². The first-order chi connectivity index (χ1) is 13.6. The summed E-state index contributed by atoms with van der Waals surface area (Å²) < 4.78 is 10.9. The molecule has 1 atom stereocenters. The Bertz CT molecular complexity index is 716. The van der Waals surface area contributed by atoms with Gasteiger partial charge in [0, 0.05) is 25.6 Å². The molecule has 7 nitrogen and oxygen atoms in total. The van der Waals surface area contributed by atoms with Gasteiger partial charge in [0.2, 0.25) is 5.91 Å². The number of carbonyl (C=O) groups excluding carboxylic acids is 2. The van der Waals surface area contributed by atoms with E-state index in [1.54, 1.807) is 14.2 Å². The lowest BCUT2D eigenvalue weighted by Gasteiger charge is -2.38. The minimum absolute atomic E-state index is 0.0981. The maximum atomic E-state index is 12.6. The minimum Gasteiger partial charge on any atom is -0.493 e. The molecule has 1 aromatic rings. The lowest BCUT2D eigenvalue weighted by molar-refractivity contribution is -0.125. The predicted molar refractivity (Wildman–Crippen MR) is 107 cm³/mol. The summed E-state index contributed by atoms with van der Waals surface area (Å²) in [5.41, 5.74) is 2.13. The van der Waals surface area contributed by atoms with Crippen LogP contribution in [0.1, 0.15) is 49.8 Å². The van der Waals surface area contributed by atoms with E-state index in [4.69, 9.17) is 9.47 Å². The predicted octanol–water partition coefficient (Wildman–Crippen LogP) is 2.64.